The fourth-order valence-corrected chi connectivity index (χ4v) is 12.0. The number of para-hydroxylation sites is 1. The molecule has 0 unspecified atom stereocenters. The average Bonchev–Trinajstić information content (AvgIpc) is 3.96. The minimum atomic E-state index is -2.30. The maximum absolute atomic E-state index is 8.85. The summed E-state index contributed by atoms with van der Waals surface area (Å²) in [5.74, 6) is 8.11. The van der Waals surface area contributed by atoms with Crippen LogP contribution in [0.2, 0.25) is 17.3 Å². The molecule has 4 aromatic heterocycles. The first-order valence-electron chi connectivity index (χ1n) is 24.2. The van der Waals surface area contributed by atoms with Crippen molar-refractivity contribution in [3.05, 3.63) is 211 Å². The number of nitrogens with zero attached hydrogens (tertiary/aromatic N) is 4. The Morgan fingerprint density at radius 2 is 1.31 bits per heavy atom. The van der Waals surface area contributed by atoms with E-state index in [4.69, 9.17) is 17.1 Å². The van der Waals surface area contributed by atoms with Crippen LogP contribution in [0, 0.1) is 12.1 Å². The van der Waals surface area contributed by atoms with E-state index >= 15 is 0 Å². The number of imidazole rings is 1. The summed E-state index contributed by atoms with van der Waals surface area (Å²) in [6.07, 6.45) is 2.27. The predicted molar refractivity (Wildman–Crippen MR) is 282 cm³/mol. The summed E-state index contributed by atoms with van der Waals surface area (Å²) in [5, 5.41) is 4.33. The van der Waals surface area contributed by atoms with Crippen LogP contribution in [-0.2, 0) is 26.5 Å². The van der Waals surface area contributed by atoms with Crippen molar-refractivity contribution in [3.63, 3.8) is 0 Å². The Morgan fingerprint density at radius 3 is 2.00 bits per heavy atom. The molecule has 0 amide bonds. The second kappa shape index (κ2) is 19.7. The van der Waals surface area contributed by atoms with Crippen molar-refractivity contribution < 1.29 is 27.3 Å². The van der Waals surface area contributed by atoms with E-state index in [1.807, 2.05) is 91.3 Å². The third kappa shape index (κ3) is 9.13. The predicted octanol–water partition coefficient (Wildman–Crippen LogP) is 15.5. The minimum absolute atomic E-state index is 0. The van der Waals surface area contributed by atoms with Crippen molar-refractivity contribution in [2.24, 2.45) is 0 Å². The maximum Gasteiger partial charge on any atom is 0 e. The summed E-state index contributed by atoms with van der Waals surface area (Å²) >= 11 is -2.30. The zero-order valence-electron chi connectivity index (χ0n) is 41.4. The van der Waals surface area contributed by atoms with Gasteiger partial charge in [0.25, 0.3) is 0 Å². The number of pyridine rings is 2. The number of fused-ring (bicyclic) bond motifs is 6. The van der Waals surface area contributed by atoms with Gasteiger partial charge in [0.2, 0.25) is 0 Å². The van der Waals surface area contributed by atoms with Crippen molar-refractivity contribution in [2.75, 3.05) is 0 Å². The van der Waals surface area contributed by atoms with Crippen LogP contribution in [0.15, 0.2) is 181 Å². The monoisotopic (exact) mass is 1130 g/mol. The third-order valence-corrected chi connectivity index (χ3v) is 16.7. The standard InChI is InChI=1S/C40H32N3O.C21H22GeN.Ir/c1-24(2)33-21-28(26-13-6-5-7-14-26)22-34(25(3)4)36(33)43-37-29-16-9-8-15-27(29)23-41-39(37)42-40(43)32-19-12-18-31-30-17-10-11-20-35(30)44-38(31)32;1-22(2,3)20-16-23-21(18-12-8-5-9-13-18)15-19(20)14-17-10-6-4-7-11-17;/h5-18,20-25H,1-4H3;4-12,15-16H,14H2,1-3H3;/q2*-1;/i;14D2;. The van der Waals surface area contributed by atoms with E-state index in [9.17, 15) is 0 Å². The van der Waals surface area contributed by atoms with Crippen LogP contribution in [0.5, 0.6) is 0 Å². The fourth-order valence-electron chi connectivity index (χ4n) is 9.09. The van der Waals surface area contributed by atoms with Gasteiger partial charge in [0.05, 0.1) is 16.9 Å². The molecule has 0 saturated heterocycles. The van der Waals surface area contributed by atoms with Gasteiger partial charge in [-0.05, 0) is 52.3 Å². The van der Waals surface area contributed by atoms with Gasteiger partial charge >= 0.3 is 144 Å². The number of hydrogen-bond donors (Lipinski definition) is 0. The quantitative estimate of drug-likeness (QED) is 0.107. The van der Waals surface area contributed by atoms with Gasteiger partial charge in [0.15, 0.2) is 5.65 Å². The molecular weight excluding hydrogens is 1070 g/mol. The largest absolute Gasteiger partial charge is 0 e. The average molecular weight is 1130 g/mol. The molecule has 0 aliphatic heterocycles. The van der Waals surface area contributed by atoms with E-state index in [1.54, 1.807) is 0 Å². The number of hydrogen-bond acceptors (Lipinski definition) is 4. The molecule has 7 aromatic carbocycles. The Kier molecular flexibility index (Phi) is 12.7. The summed E-state index contributed by atoms with van der Waals surface area (Å²) < 4.78 is 27.7. The van der Waals surface area contributed by atoms with Gasteiger partial charge in [-0.3, -0.25) is 4.98 Å². The van der Waals surface area contributed by atoms with Gasteiger partial charge in [-0.25, -0.2) is 4.98 Å². The molecule has 0 saturated carbocycles. The SMILES string of the molecule is CC(C)c1cc(-c2ccccc2)cc(C(C)C)c1-n1c(-c2[c-]ccc3c2oc2ccccc23)nc2ncc3ccccc3c21.[2H]C([2H])(c1ccccc1)c1cc(-c2[c-]cccc2)nc[c]1[Ge]([CH3])([CH3])[CH3].[Ir]. The molecule has 339 valence electrons. The molecule has 4 heterocycles. The van der Waals surface area contributed by atoms with E-state index in [0.717, 1.165) is 76.5 Å². The Morgan fingerprint density at radius 1 is 0.647 bits per heavy atom. The summed E-state index contributed by atoms with van der Waals surface area (Å²) in [6, 6.07) is 61.9. The van der Waals surface area contributed by atoms with Gasteiger partial charge in [0.1, 0.15) is 5.58 Å². The second-order valence-corrected chi connectivity index (χ2v) is 29.4. The number of aromatic nitrogens is 4. The molecule has 1 radical (unpaired) electrons. The van der Waals surface area contributed by atoms with Crippen LogP contribution in [-0.4, -0.2) is 32.8 Å². The number of furan rings is 1. The molecule has 0 spiro atoms. The molecule has 5 nitrogen and oxygen atoms in total. The third-order valence-electron chi connectivity index (χ3n) is 12.5. The first-order valence-corrected chi connectivity index (χ1v) is 30.5. The Bertz CT molecular complexity index is 3610. The van der Waals surface area contributed by atoms with Crippen LogP contribution in [0.4, 0.5) is 0 Å². The molecule has 0 aliphatic rings. The minimum Gasteiger partial charge on any atom is 0 e. The molecule has 0 atom stereocenters. The van der Waals surface area contributed by atoms with Crippen molar-refractivity contribution >= 4 is 61.5 Å². The van der Waals surface area contributed by atoms with Gasteiger partial charge in [0, 0.05) is 48.1 Å². The van der Waals surface area contributed by atoms with E-state index in [1.165, 1.54) is 22.3 Å². The summed E-state index contributed by atoms with van der Waals surface area (Å²) in [4.78, 5) is 14.8. The smallest absolute Gasteiger partial charge is 0 e. The molecule has 0 N–H and O–H groups in total. The summed E-state index contributed by atoms with van der Waals surface area (Å²) in [6.45, 7) is 9.11. The fraction of sp³-hybridized carbons (Fsp3) is 0.164. The van der Waals surface area contributed by atoms with E-state index in [-0.39, 0.29) is 31.9 Å². The molecular formula is C61H54GeIrN4O-2. The van der Waals surface area contributed by atoms with Gasteiger partial charge in [-0.15, -0.1) is 18.2 Å². The van der Waals surface area contributed by atoms with Crippen LogP contribution in [0.3, 0.4) is 0 Å². The topological polar surface area (TPSA) is 56.7 Å². The van der Waals surface area contributed by atoms with Crippen LogP contribution >= 0.6 is 0 Å². The van der Waals surface area contributed by atoms with Crippen LogP contribution in [0.25, 0.3) is 83.3 Å². The Labute approximate surface area is 418 Å². The van der Waals surface area contributed by atoms with Crippen molar-refractivity contribution in [1.29, 1.82) is 0 Å². The maximum atomic E-state index is 8.85. The van der Waals surface area contributed by atoms with Gasteiger partial charge in [-0.2, -0.15) is 0 Å². The molecule has 68 heavy (non-hydrogen) atoms. The van der Waals surface area contributed by atoms with E-state index < -0.39 is 19.6 Å². The molecule has 11 rings (SSSR count). The van der Waals surface area contributed by atoms with Crippen molar-refractivity contribution in [3.8, 4) is 39.5 Å². The summed E-state index contributed by atoms with van der Waals surface area (Å²) in [5.41, 5.74) is 13.4. The molecule has 0 aliphatic carbocycles. The van der Waals surface area contributed by atoms with Crippen LogP contribution in [0.1, 0.15) is 64.5 Å². The normalized spacial score (nSPS) is 12.3. The Balaban J connectivity index is 0.000000200. The van der Waals surface area contributed by atoms with Crippen molar-refractivity contribution in [2.45, 2.75) is 63.2 Å². The molecule has 11 aromatic rings. The zero-order chi connectivity index (χ0) is 48.0. The van der Waals surface area contributed by atoms with Gasteiger partial charge in [-0.1, -0.05) is 111 Å². The molecule has 0 fully saturated rings. The van der Waals surface area contributed by atoms with Crippen molar-refractivity contribution in [1.82, 2.24) is 19.5 Å². The molecule has 0 bridgehead atoms. The molecule has 7 heteroatoms. The number of benzene rings is 7. The second-order valence-electron chi connectivity index (χ2n) is 18.8. The summed E-state index contributed by atoms with van der Waals surface area (Å²) in [7, 11) is 0. The van der Waals surface area contributed by atoms with E-state index in [2.05, 4.69) is 152 Å². The zero-order valence-corrected chi connectivity index (χ0v) is 43.9. The Hall–Kier alpha value is -6.44. The van der Waals surface area contributed by atoms with Gasteiger partial charge < -0.3 is 8.98 Å². The first-order chi connectivity index (χ1) is 33.3. The number of rotatable bonds is 9. The van der Waals surface area contributed by atoms with E-state index in [0.29, 0.717) is 11.2 Å². The first kappa shape index (κ1) is 44.1. The van der Waals surface area contributed by atoms with Crippen LogP contribution < -0.4 is 4.40 Å².